The first kappa shape index (κ1) is 24.2. The molecule has 2 unspecified atom stereocenters. The Hall–Kier alpha value is -2.79. The minimum absolute atomic E-state index is 0.0629. The molecule has 0 aliphatic carbocycles. The van der Waals surface area contributed by atoms with Gasteiger partial charge in [-0.05, 0) is 36.1 Å². The van der Waals surface area contributed by atoms with Crippen LogP contribution in [0.25, 0.3) is 0 Å². The maximum absolute atomic E-state index is 12.8. The molecule has 0 saturated heterocycles. The molecule has 29 heavy (non-hydrogen) atoms. The van der Waals surface area contributed by atoms with Gasteiger partial charge in [0.25, 0.3) is 0 Å². The Morgan fingerprint density at radius 2 is 1.72 bits per heavy atom. The van der Waals surface area contributed by atoms with E-state index in [-0.39, 0.29) is 25.1 Å². The second kappa shape index (κ2) is 12.6. The van der Waals surface area contributed by atoms with Crippen molar-refractivity contribution in [1.82, 2.24) is 16.0 Å². The molecule has 0 bridgehead atoms. The topological polar surface area (TPSA) is 171 Å². The fourth-order valence-corrected chi connectivity index (χ4v) is 2.86. The van der Waals surface area contributed by atoms with Gasteiger partial charge >= 0.3 is 5.97 Å². The van der Waals surface area contributed by atoms with Gasteiger partial charge in [-0.15, -0.1) is 0 Å². The lowest BCUT2D eigenvalue weighted by atomic mass is 10.0. The zero-order chi connectivity index (χ0) is 21.8. The predicted molar refractivity (Wildman–Crippen MR) is 108 cm³/mol. The van der Waals surface area contributed by atoms with E-state index in [0.29, 0.717) is 11.3 Å². The molecule has 2 atom stereocenters. The summed E-state index contributed by atoms with van der Waals surface area (Å²) in [6, 6.07) is 4.17. The lowest BCUT2D eigenvalue weighted by Crippen LogP contribution is -2.55. The molecule has 10 nitrogen and oxygen atoms in total. The van der Waals surface area contributed by atoms with Gasteiger partial charge in [0, 0.05) is 6.42 Å². The van der Waals surface area contributed by atoms with Crippen LogP contribution in [0.5, 0.6) is 5.75 Å². The zero-order valence-corrected chi connectivity index (χ0v) is 16.8. The molecule has 0 aliphatic rings. The van der Waals surface area contributed by atoms with Crippen LogP contribution >= 0.6 is 11.8 Å². The monoisotopic (exact) mass is 426 g/mol. The number of carbonyl (C=O) groups is 4. The summed E-state index contributed by atoms with van der Waals surface area (Å²) in [6.07, 6.45) is 2.24. The van der Waals surface area contributed by atoms with Gasteiger partial charge in [0.15, 0.2) is 0 Å². The van der Waals surface area contributed by atoms with Crippen molar-refractivity contribution in [3.8, 4) is 5.75 Å². The number of thioether (sulfide) groups is 1. The second-order valence-electron chi connectivity index (χ2n) is 6.15. The van der Waals surface area contributed by atoms with Crippen LogP contribution in [0.3, 0.4) is 0 Å². The number of phenolic OH excluding ortho intramolecular Hbond substituents is 1. The van der Waals surface area contributed by atoms with E-state index in [9.17, 15) is 24.3 Å². The molecule has 160 valence electrons. The minimum atomic E-state index is -1.20. The normalized spacial score (nSPS) is 12.5. The van der Waals surface area contributed by atoms with Gasteiger partial charge in [0.1, 0.15) is 24.4 Å². The van der Waals surface area contributed by atoms with Gasteiger partial charge in [-0.2, -0.15) is 11.8 Å². The smallest absolute Gasteiger partial charge is 0.322 e. The summed E-state index contributed by atoms with van der Waals surface area (Å²) in [4.78, 5) is 47.4. The number of nitrogens with one attached hydrogen (secondary N) is 3. The van der Waals surface area contributed by atoms with Gasteiger partial charge in [-0.1, -0.05) is 12.1 Å². The first-order chi connectivity index (χ1) is 13.8. The van der Waals surface area contributed by atoms with Gasteiger partial charge < -0.3 is 31.9 Å². The van der Waals surface area contributed by atoms with Crippen LogP contribution in [0.1, 0.15) is 12.0 Å². The van der Waals surface area contributed by atoms with Crippen molar-refractivity contribution in [2.75, 3.05) is 25.1 Å². The second-order valence-corrected chi connectivity index (χ2v) is 7.13. The highest BCUT2D eigenvalue weighted by atomic mass is 32.2. The highest BCUT2D eigenvalue weighted by molar-refractivity contribution is 7.98. The van der Waals surface area contributed by atoms with Crippen molar-refractivity contribution < 1.29 is 29.4 Å². The summed E-state index contributed by atoms with van der Waals surface area (Å²) in [6.45, 7) is -0.875. The van der Waals surface area contributed by atoms with E-state index in [1.165, 1.54) is 23.9 Å². The fraction of sp³-hybridized carbons (Fsp3) is 0.444. The highest BCUT2D eigenvalue weighted by Gasteiger charge is 2.26. The number of carbonyl (C=O) groups excluding carboxylic acids is 3. The maximum atomic E-state index is 12.8. The highest BCUT2D eigenvalue weighted by Crippen LogP contribution is 2.12. The SMILES string of the molecule is CSCCC(NC(=O)C(Cc1ccc(O)cc1)NC(=O)CN)C(=O)NCC(=O)O. The molecule has 0 radical (unpaired) electrons. The largest absolute Gasteiger partial charge is 0.508 e. The van der Waals surface area contributed by atoms with E-state index in [2.05, 4.69) is 16.0 Å². The van der Waals surface area contributed by atoms with Gasteiger partial charge in [-0.25, -0.2) is 0 Å². The molecular formula is C18H26N4O6S. The van der Waals surface area contributed by atoms with Crippen LogP contribution in [0.15, 0.2) is 24.3 Å². The van der Waals surface area contributed by atoms with Crippen LogP contribution < -0.4 is 21.7 Å². The van der Waals surface area contributed by atoms with Gasteiger partial charge in [-0.3, -0.25) is 19.2 Å². The average molecular weight is 426 g/mol. The van der Waals surface area contributed by atoms with E-state index in [1.54, 1.807) is 12.1 Å². The first-order valence-electron chi connectivity index (χ1n) is 8.83. The lowest BCUT2D eigenvalue weighted by molar-refractivity contribution is -0.138. The van der Waals surface area contributed by atoms with E-state index >= 15 is 0 Å². The minimum Gasteiger partial charge on any atom is -0.508 e. The first-order valence-corrected chi connectivity index (χ1v) is 10.2. The van der Waals surface area contributed by atoms with Crippen molar-refractivity contribution in [3.63, 3.8) is 0 Å². The third-order valence-corrected chi connectivity index (χ3v) is 4.51. The standard InChI is InChI=1S/C18H26N4O6S/c1-29-7-6-13(17(27)20-10-16(25)26)22-18(28)14(21-15(24)9-19)8-11-2-4-12(23)5-3-11/h2-5,13-14,23H,6-10,19H2,1H3,(H,20,27)(H,21,24)(H,22,28)(H,25,26). The maximum Gasteiger partial charge on any atom is 0.322 e. The number of hydrogen-bond donors (Lipinski definition) is 6. The molecule has 7 N–H and O–H groups in total. The summed E-state index contributed by atoms with van der Waals surface area (Å²) in [5.74, 6) is -2.34. The molecule has 3 amide bonds. The molecule has 0 spiro atoms. The number of rotatable bonds is 12. The molecule has 0 fully saturated rings. The number of aliphatic carboxylic acids is 1. The summed E-state index contributed by atoms with van der Waals surface area (Å²) in [5.41, 5.74) is 5.99. The number of benzene rings is 1. The van der Waals surface area contributed by atoms with Gasteiger partial charge in [0.2, 0.25) is 17.7 Å². The molecular weight excluding hydrogens is 400 g/mol. The molecule has 1 aromatic rings. The van der Waals surface area contributed by atoms with E-state index in [1.807, 2.05) is 6.26 Å². The number of nitrogens with two attached hydrogens (primary N) is 1. The van der Waals surface area contributed by atoms with Crippen LogP contribution in [-0.2, 0) is 25.6 Å². The van der Waals surface area contributed by atoms with E-state index < -0.39 is 42.3 Å². The van der Waals surface area contributed by atoms with Gasteiger partial charge in [0.05, 0.1) is 6.54 Å². The fourth-order valence-electron chi connectivity index (χ4n) is 2.39. The molecule has 11 heteroatoms. The van der Waals surface area contributed by atoms with Crippen molar-refractivity contribution in [2.45, 2.75) is 24.9 Å². The predicted octanol–water partition coefficient (Wildman–Crippen LogP) is -1.18. The van der Waals surface area contributed by atoms with Crippen LogP contribution in [-0.4, -0.2) is 71.1 Å². The van der Waals surface area contributed by atoms with Crippen LogP contribution in [0.4, 0.5) is 0 Å². The molecule has 1 aromatic carbocycles. The quantitative estimate of drug-likeness (QED) is 0.242. The van der Waals surface area contributed by atoms with Crippen molar-refractivity contribution in [2.24, 2.45) is 5.73 Å². The third-order valence-electron chi connectivity index (χ3n) is 3.87. The number of amides is 3. The number of aromatic hydroxyl groups is 1. The van der Waals surface area contributed by atoms with E-state index in [0.717, 1.165) is 0 Å². The summed E-state index contributed by atoms with van der Waals surface area (Å²) in [7, 11) is 0. The van der Waals surface area contributed by atoms with Crippen molar-refractivity contribution >= 4 is 35.5 Å². The molecule has 0 heterocycles. The average Bonchev–Trinajstić information content (AvgIpc) is 2.69. The molecule has 1 rings (SSSR count). The Morgan fingerprint density at radius 1 is 1.07 bits per heavy atom. The lowest BCUT2D eigenvalue weighted by Gasteiger charge is -2.23. The Kier molecular flexibility index (Phi) is 10.6. The zero-order valence-electron chi connectivity index (χ0n) is 16.0. The summed E-state index contributed by atoms with van der Waals surface area (Å²) >= 11 is 1.47. The number of phenols is 1. The Balaban J connectivity index is 2.91. The van der Waals surface area contributed by atoms with Crippen LogP contribution in [0.2, 0.25) is 0 Å². The Morgan fingerprint density at radius 3 is 2.28 bits per heavy atom. The van der Waals surface area contributed by atoms with E-state index in [4.69, 9.17) is 10.8 Å². The molecule has 0 aromatic heterocycles. The summed E-state index contributed by atoms with van der Waals surface area (Å²) in [5, 5.41) is 25.4. The Bertz CT molecular complexity index is 713. The molecule has 0 saturated carbocycles. The van der Waals surface area contributed by atoms with Crippen molar-refractivity contribution in [3.05, 3.63) is 29.8 Å². The van der Waals surface area contributed by atoms with Crippen molar-refractivity contribution in [1.29, 1.82) is 0 Å². The summed E-state index contributed by atoms with van der Waals surface area (Å²) < 4.78 is 0. The number of carboxylic acid groups (broad SMARTS) is 1. The Labute approximate surface area is 172 Å². The third kappa shape index (κ3) is 9.30. The number of hydrogen-bond acceptors (Lipinski definition) is 7. The number of carboxylic acids is 1. The van der Waals surface area contributed by atoms with Crippen LogP contribution in [0, 0.1) is 0 Å². The molecule has 0 aliphatic heterocycles.